The van der Waals surface area contributed by atoms with Gasteiger partial charge < -0.3 is 19.8 Å². The number of amides is 1. The molecule has 3 rings (SSSR count). The van der Waals surface area contributed by atoms with E-state index in [0.717, 1.165) is 51.3 Å². The van der Waals surface area contributed by atoms with Crippen LogP contribution in [0.25, 0.3) is 10.9 Å². The average Bonchev–Trinajstić information content (AvgIpc) is 3.09. The second kappa shape index (κ2) is 10.8. The van der Waals surface area contributed by atoms with Crippen LogP contribution in [0.3, 0.4) is 0 Å². The van der Waals surface area contributed by atoms with Crippen LogP contribution >= 0.6 is 11.8 Å². The molecule has 1 aromatic carbocycles. The Bertz CT molecular complexity index is 1250. The molecule has 34 heavy (non-hydrogen) atoms. The van der Waals surface area contributed by atoms with E-state index in [0.29, 0.717) is 11.1 Å². The van der Waals surface area contributed by atoms with Crippen LogP contribution in [-0.4, -0.2) is 46.8 Å². The molecule has 0 aliphatic heterocycles. The van der Waals surface area contributed by atoms with Gasteiger partial charge in [-0.15, -0.1) is 11.8 Å². The third-order valence-electron chi connectivity index (χ3n) is 6.22. The normalized spacial score (nSPS) is 11.7. The zero-order valence-electron chi connectivity index (χ0n) is 21.8. The van der Waals surface area contributed by atoms with Gasteiger partial charge in [0.25, 0.3) is 11.5 Å². The number of pyridine rings is 1. The number of hydrogen-bond acceptors (Lipinski definition) is 4. The summed E-state index contributed by atoms with van der Waals surface area (Å²) in [4.78, 5) is 32.1. The highest BCUT2D eigenvalue weighted by molar-refractivity contribution is 7.99. The van der Waals surface area contributed by atoms with Crippen LogP contribution < -0.4 is 10.9 Å². The molecule has 0 aliphatic rings. The monoisotopic (exact) mass is 482 g/mol. The maximum absolute atomic E-state index is 13.5. The molecule has 1 amide bonds. The van der Waals surface area contributed by atoms with Crippen molar-refractivity contribution in [2.45, 2.75) is 65.4 Å². The molecule has 0 saturated carbocycles. The molecule has 0 atom stereocenters. The van der Waals surface area contributed by atoms with Gasteiger partial charge >= 0.3 is 0 Å². The minimum atomic E-state index is -0.149. The molecule has 0 bridgehead atoms. The molecule has 0 saturated heterocycles. The van der Waals surface area contributed by atoms with Gasteiger partial charge in [0, 0.05) is 40.3 Å². The number of aromatic nitrogens is 2. The Morgan fingerprint density at radius 3 is 2.47 bits per heavy atom. The maximum Gasteiger partial charge on any atom is 0.253 e. The van der Waals surface area contributed by atoms with Crippen molar-refractivity contribution in [1.82, 2.24) is 19.8 Å². The van der Waals surface area contributed by atoms with Gasteiger partial charge in [0.05, 0.1) is 11.1 Å². The lowest BCUT2D eigenvalue weighted by atomic mass is 10.0. The number of aromatic amines is 1. The number of nitrogens with one attached hydrogen (secondary N) is 2. The maximum atomic E-state index is 13.5. The molecular formula is C27H38N4O2S. The quantitative estimate of drug-likeness (QED) is 0.328. The Balaban J connectivity index is 2.00. The lowest BCUT2D eigenvalue weighted by Gasteiger charge is -2.17. The number of aryl methyl sites for hydroxylation is 4. The Morgan fingerprint density at radius 2 is 1.85 bits per heavy atom. The second-order valence-corrected chi connectivity index (χ2v) is 10.9. The summed E-state index contributed by atoms with van der Waals surface area (Å²) < 4.78 is 2.27. The smallest absolute Gasteiger partial charge is 0.253 e. The molecule has 3 aromatic rings. The van der Waals surface area contributed by atoms with Crippen molar-refractivity contribution in [3.63, 3.8) is 0 Å². The molecule has 0 radical (unpaired) electrons. The Labute approximate surface area is 207 Å². The number of rotatable bonds is 9. The number of H-pyrrole nitrogens is 1. The van der Waals surface area contributed by atoms with Crippen LogP contribution in [0.15, 0.2) is 28.0 Å². The summed E-state index contributed by atoms with van der Waals surface area (Å²) in [5.74, 6) is 0.842. The second-order valence-electron chi connectivity index (χ2n) is 9.72. The van der Waals surface area contributed by atoms with Gasteiger partial charge in [0.2, 0.25) is 0 Å². The number of thioether (sulfide) groups is 1. The lowest BCUT2D eigenvalue weighted by Crippen LogP contribution is -2.28. The van der Waals surface area contributed by atoms with E-state index < -0.39 is 0 Å². The minimum absolute atomic E-state index is 0.147. The zero-order valence-corrected chi connectivity index (χ0v) is 22.6. The number of nitrogens with zero attached hydrogens (tertiary/aromatic N) is 2. The predicted molar refractivity (Wildman–Crippen MR) is 143 cm³/mol. The molecule has 0 aliphatic carbocycles. The Kier molecular flexibility index (Phi) is 8.31. The van der Waals surface area contributed by atoms with Crippen molar-refractivity contribution in [2.24, 2.45) is 0 Å². The number of carbonyl (C=O) groups is 1. The van der Waals surface area contributed by atoms with Crippen LogP contribution in [0.5, 0.6) is 0 Å². The van der Waals surface area contributed by atoms with Crippen molar-refractivity contribution < 1.29 is 4.79 Å². The zero-order chi connectivity index (χ0) is 25.2. The first-order valence-corrected chi connectivity index (χ1v) is 12.9. The fourth-order valence-electron chi connectivity index (χ4n) is 4.47. The highest BCUT2D eigenvalue weighted by atomic mass is 32.2. The lowest BCUT2D eigenvalue weighted by molar-refractivity contribution is 0.0952. The average molecular weight is 483 g/mol. The number of fused-ring (bicyclic) bond motifs is 1. The summed E-state index contributed by atoms with van der Waals surface area (Å²) >= 11 is 1.81. The third kappa shape index (κ3) is 5.58. The van der Waals surface area contributed by atoms with Crippen LogP contribution in [0.4, 0.5) is 0 Å². The molecule has 0 fully saturated rings. The molecule has 6 nitrogen and oxygen atoms in total. The van der Waals surface area contributed by atoms with Crippen LogP contribution in [0.1, 0.15) is 64.6 Å². The van der Waals surface area contributed by atoms with Gasteiger partial charge in [0.15, 0.2) is 0 Å². The molecule has 2 aromatic heterocycles. The first-order chi connectivity index (χ1) is 16.0. The highest BCUT2D eigenvalue weighted by Gasteiger charge is 2.21. The highest BCUT2D eigenvalue weighted by Crippen LogP contribution is 2.36. The van der Waals surface area contributed by atoms with Gasteiger partial charge in [0.1, 0.15) is 0 Å². The summed E-state index contributed by atoms with van der Waals surface area (Å²) in [6, 6.07) is 4.26. The summed E-state index contributed by atoms with van der Waals surface area (Å²) in [6.07, 6.45) is 3.23. The first kappa shape index (κ1) is 26.1. The SMILES string of the molecule is Cc1cc(C)c(CNC(=O)c2cc(SCCCN(C)C)c(C)c3c2c(C)cn3C(C)C)c(=O)[nH]1. The third-order valence-corrected chi connectivity index (χ3v) is 7.45. The molecular weight excluding hydrogens is 444 g/mol. The minimum Gasteiger partial charge on any atom is -0.348 e. The van der Waals surface area contributed by atoms with Crippen molar-refractivity contribution >= 4 is 28.6 Å². The van der Waals surface area contributed by atoms with E-state index in [9.17, 15) is 9.59 Å². The standard InChI is InChI=1S/C27H38N4O2S/c1-16(2)31-15-18(4)24-21(13-23(20(6)25(24)31)34-11-9-10-30(7)8)26(32)28-14-22-17(3)12-19(5)29-27(22)33/h12-13,15-16H,9-11,14H2,1-8H3,(H,28,32)(H,29,33). The predicted octanol–water partition coefficient (Wildman–Crippen LogP) is 5.12. The van der Waals surface area contributed by atoms with Gasteiger partial charge in [-0.05, 0) is 103 Å². The van der Waals surface area contributed by atoms with Crippen LogP contribution in [0, 0.1) is 27.7 Å². The van der Waals surface area contributed by atoms with Crippen molar-refractivity contribution in [3.05, 3.63) is 62.2 Å². The van der Waals surface area contributed by atoms with Crippen molar-refractivity contribution in [3.8, 4) is 0 Å². The van der Waals surface area contributed by atoms with Gasteiger partial charge in [-0.3, -0.25) is 9.59 Å². The van der Waals surface area contributed by atoms with Gasteiger partial charge in [-0.1, -0.05) is 0 Å². The molecule has 0 spiro atoms. The van der Waals surface area contributed by atoms with E-state index in [4.69, 9.17) is 0 Å². The fourth-order valence-corrected chi connectivity index (χ4v) is 5.47. The summed E-state index contributed by atoms with van der Waals surface area (Å²) in [7, 11) is 4.17. The molecule has 2 heterocycles. The van der Waals surface area contributed by atoms with Crippen LogP contribution in [0.2, 0.25) is 0 Å². The van der Waals surface area contributed by atoms with Gasteiger partial charge in [-0.2, -0.15) is 0 Å². The largest absolute Gasteiger partial charge is 0.348 e. The van der Waals surface area contributed by atoms with E-state index in [1.807, 2.05) is 37.7 Å². The van der Waals surface area contributed by atoms with Crippen LogP contribution in [-0.2, 0) is 6.54 Å². The van der Waals surface area contributed by atoms with Crippen molar-refractivity contribution in [2.75, 3.05) is 26.4 Å². The van der Waals surface area contributed by atoms with Gasteiger partial charge in [-0.25, -0.2) is 0 Å². The van der Waals surface area contributed by atoms with Crippen molar-refractivity contribution in [1.29, 1.82) is 0 Å². The molecule has 0 unspecified atom stereocenters. The number of benzene rings is 1. The molecule has 2 N–H and O–H groups in total. The summed E-state index contributed by atoms with van der Waals surface area (Å²) in [5, 5.41) is 4.02. The van der Waals surface area contributed by atoms with E-state index in [1.54, 1.807) is 0 Å². The first-order valence-electron chi connectivity index (χ1n) is 11.9. The van der Waals surface area contributed by atoms with E-state index in [2.05, 4.69) is 67.8 Å². The molecule has 7 heteroatoms. The number of carbonyl (C=O) groups excluding carboxylic acids is 1. The fraction of sp³-hybridized carbons (Fsp3) is 0.481. The van der Waals surface area contributed by atoms with E-state index >= 15 is 0 Å². The Morgan fingerprint density at radius 1 is 1.15 bits per heavy atom. The molecule has 184 valence electrons. The van der Waals surface area contributed by atoms with E-state index in [-0.39, 0.29) is 24.1 Å². The Hall–Kier alpha value is -2.51. The summed E-state index contributed by atoms with van der Waals surface area (Å²) in [5.41, 5.74) is 6.26. The topological polar surface area (TPSA) is 70.1 Å². The van der Waals surface area contributed by atoms with E-state index in [1.165, 1.54) is 5.56 Å². The summed E-state index contributed by atoms with van der Waals surface area (Å²) in [6.45, 7) is 13.6. The number of hydrogen-bond donors (Lipinski definition) is 2.